The van der Waals surface area contributed by atoms with E-state index in [4.69, 9.17) is 12.2 Å². The second-order valence-corrected chi connectivity index (χ2v) is 6.87. The quantitative estimate of drug-likeness (QED) is 0.684. The van der Waals surface area contributed by atoms with Crippen LogP contribution in [-0.2, 0) is 9.59 Å². The summed E-state index contributed by atoms with van der Waals surface area (Å²) in [5, 5.41) is 2.59. The van der Waals surface area contributed by atoms with Gasteiger partial charge in [0.05, 0.1) is 5.69 Å². The minimum Gasteiger partial charge on any atom is -0.341 e. The van der Waals surface area contributed by atoms with Crippen LogP contribution in [0.5, 0.6) is 0 Å². The molecule has 1 atom stereocenters. The van der Waals surface area contributed by atoms with Gasteiger partial charge in [0.25, 0.3) is 0 Å². The number of imide groups is 1. The molecule has 1 aliphatic rings. The molecule has 0 unspecified atom stereocenters. The van der Waals surface area contributed by atoms with Crippen LogP contribution in [0.2, 0.25) is 0 Å². The minimum absolute atomic E-state index is 0.162. The number of rotatable bonds is 3. The molecule has 0 saturated carbocycles. The number of benzene rings is 2. The molecule has 2 amide bonds. The van der Waals surface area contributed by atoms with Gasteiger partial charge < -0.3 is 5.32 Å². The van der Waals surface area contributed by atoms with Crippen molar-refractivity contribution in [2.24, 2.45) is 0 Å². The standard InChI is InChI=1S/C17H14N2O2S2/c20-15-11-14(16(21)19(15)13-9-5-2-6-10-13)23-17(22)18-12-7-3-1-4-8-12/h1-10,14H,11H2,(H,18,22)/t14-/m1/s1. The van der Waals surface area contributed by atoms with Gasteiger partial charge in [0, 0.05) is 12.1 Å². The zero-order valence-corrected chi connectivity index (χ0v) is 13.8. The van der Waals surface area contributed by atoms with E-state index >= 15 is 0 Å². The van der Waals surface area contributed by atoms with E-state index in [0.29, 0.717) is 10.0 Å². The molecular formula is C17H14N2O2S2. The highest BCUT2D eigenvalue weighted by Gasteiger charge is 2.40. The average molecular weight is 342 g/mol. The van der Waals surface area contributed by atoms with Crippen molar-refractivity contribution in [3.05, 3.63) is 60.7 Å². The van der Waals surface area contributed by atoms with Gasteiger partial charge in [-0.1, -0.05) is 60.4 Å². The Morgan fingerprint density at radius 1 is 1.04 bits per heavy atom. The molecule has 0 bridgehead atoms. The lowest BCUT2D eigenvalue weighted by atomic mass is 10.3. The molecule has 1 N–H and O–H groups in total. The van der Waals surface area contributed by atoms with E-state index in [-0.39, 0.29) is 18.2 Å². The first-order valence-electron chi connectivity index (χ1n) is 7.09. The summed E-state index contributed by atoms with van der Waals surface area (Å²) in [7, 11) is 0. The maximum atomic E-state index is 12.5. The number of thiocarbonyl (C=S) groups is 1. The molecule has 6 heteroatoms. The molecule has 0 radical (unpaired) electrons. The fraction of sp³-hybridized carbons (Fsp3) is 0.118. The van der Waals surface area contributed by atoms with E-state index < -0.39 is 5.25 Å². The third-order valence-corrected chi connectivity index (χ3v) is 4.75. The highest BCUT2D eigenvalue weighted by Crippen LogP contribution is 2.30. The Labute approximate surface area is 143 Å². The molecule has 4 nitrogen and oxygen atoms in total. The van der Waals surface area contributed by atoms with Gasteiger partial charge >= 0.3 is 0 Å². The van der Waals surface area contributed by atoms with Crippen LogP contribution in [0.25, 0.3) is 0 Å². The van der Waals surface area contributed by atoms with Crippen LogP contribution in [-0.4, -0.2) is 21.4 Å². The molecule has 2 aromatic rings. The van der Waals surface area contributed by atoms with E-state index in [2.05, 4.69) is 5.32 Å². The number of hydrogen-bond acceptors (Lipinski definition) is 4. The highest BCUT2D eigenvalue weighted by atomic mass is 32.2. The predicted molar refractivity (Wildman–Crippen MR) is 97.6 cm³/mol. The van der Waals surface area contributed by atoms with Gasteiger partial charge in [-0.3, -0.25) is 9.59 Å². The number of thioether (sulfide) groups is 1. The van der Waals surface area contributed by atoms with Crippen LogP contribution in [0.4, 0.5) is 11.4 Å². The van der Waals surface area contributed by atoms with E-state index in [1.54, 1.807) is 24.3 Å². The molecular weight excluding hydrogens is 328 g/mol. The highest BCUT2D eigenvalue weighted by molar-refractivity contribution is 8.24. The van der Waals surface area contributed by atoms with Crippen molar-refractivity contribution >= 4 is 51.5 Å². The summed E-state index contributed by atoms with van der Waals surface area (Å²) in [6.45, 7) is 0. The first kappa shape index (κ1) is 15.7. The lowest BCUT2D eigenvalue weighted by molar-refractivity contribution is -0.121. The first-order valence-corrected chi connectivity index (χ1v) is 8.38. The molecule has 1 aliphatic heterocycles. The van der Waals surface area contributed by atoms with Gasteiger partial charge in [-0.15, -0.1) is 0 Å². The maximum Gasteiger partial charge on any atom is 0.247 e. The lowest BCUT2D eigenvalue weighted by Gasteiger charge is -2.15. The average Bonchev–Trinajstić information content (AvgIpc) is 2.83. The van der Waals surface area contributed by atoms with Gasteiger partial charge in [0.2, 0.25) is 11.8 Å². The van der Waals surface area contributed by atoms with E-state index in [1.807, 2.05) is 36.4 Å². The third-order valence-electron chi connectivity index (χ3n) is 3.39. The molecule has 23 heavy (non-hydrogen) atoms. The van der Waals surface area contributed by atoms with Crippen molar-refractivity contribution in [1.29, 1.82) is 0 Å². The molecule has 0 spiro atoms. The van der Waals surface area contributed by atoms with Crippen LogP contribution >= 0.6 is 24.0 Å². The Kier molecular flexibility index (Phi) is 4.73. The monoisotopic (exact) mass is 342 g/mol. The van der Waals surface area contributed by atoms with Gasteiger partial charge in [0.1, 0.15) is 9.57 Å². The Morgan fingerprint density at radius 3 is 2.30 bits per heavy atom. The van der Waals surface area contributed by atoms with Crippen molar-refractivity contribution in [3.8, 4) is 0 Å². The molecule has 2 aromatic carbocycles. The zero-order valence-electron chi connectivity index (χ0n) is 12.1. The number of nitrogens with one attached hydrogen (secondary N) is 1. The number of amides is 2. The molecule has 116 valence electrons. The summed E-state index contributed by atoms with van der Waals surface area (Å²) in [6, 6.07) is 18.5. The van der Waals surface area contributed by atoms with Gasteiger partial charge in [0.15, 0.2) is 0 Å². The molecule has 1 fully saturated rings. The number of carbonyl (C=O) groups is 2. The summed E-state index contributed by atoms with van der Waals surface area (Å²) in [5.74, 6) is -0.412. The summed E-state index contributed by atoms with van der Waals surface area (Å²) < 4.78 is 0.484. The third kappa shape index (κ3) is 3.60. The van der Waals surface area contributed by atoms with Crippen molar-refractivity contribution in [3.63, 3.8) is 0 Å². The second-order valence-electron chi connectivity index (χ2n) is 4.99. The van der Waals surface area contributed by atoms with Crippen LogP contribution in [0.3, 0.4) is 0 Å². The summed E-state index contributed by atoms with van der Waals surface area (Å²) in [4.78, 5) is 25.9. The zero-order chi connectivity index (χ0) is 16.2. The minimum atomic E-state index is -0.480. The Hall–Kier alpha value is -2.18. The van der Waals surface area contributed by atoms with Gasteiger partial charge in [-0.05, 0) is 24.3 Å². The Morgan fingerprint density at radius 2 is 1.65 bits per heavy atom. The Balaban J connectivity index is 1.67. The maximum absolute atomic E-state index is 12.5. The summed E-state index contributed by atoms with van der Waals surface area (Å²) in [5.41, 5.74) is 1.47. The van der Waals surface area contributed by atoms with Crippen molar-refractivity contribution in [2.75, 3.05) is 10.2 Å². The van der Waals surface area contributed by atoms with Crippen LogP contribution in [0, 0.1) is 0 Å². The fourth-order valence-corrected chi connectivity index (χ4v) is 3.68. The van der Waals surface area contributed by atoms with Crippen molar-refractivity contribution in [2.45, 2.75) is 11.7 Å². The van der Waals surface area contributed by atoms with E-state index in [1.165, 1.54) is 16.7 Å². The van der Waals surface area contributed by atoms with Crippen LogP contribution < -0.4 is 10.2 Å². The Bertz CT molecular complexity index is 735. The number of anilines is 2. The summed E-state index contributed by atoms with van der Waals surface area (Å²) in [6.07, 6.45) is 0.162. The second kappa shape index (κ2) is 6.93. The van der Waals surface area contributed by atoms with Gasteiger partial charge in [-0.2, -0.15) is 0 Å². The largest absolute Gasteiger partial charge is 0.341 e. The molecule has 1 saturated heterocycles. The number of nitrogens with zero attached hydrogens (tertiary/aromatic N) is 1. The fourth-order valence-electron chi connectivity index (χ4n) is 2.34. The van der Waals surface area contributed by atoms with E-state index in [0.717, 1.165) is 5.69 Å². The number of carbonyl (C=O) groups excluding carboxylic acids is 2. The summed E-state index contributed by atoms with van der Waals surface area (Å²) >= 11 is 6.51. The number of hydrogen-bond donors (Lipinski definition) is 1. The van der Waals surface area contributed by atoms with Crippen LogP contribution in [0.15, 0.2) is 60.7 Å². The van der Waals surface area contributed by atoms with Gasteiger partial charge in [-0.25, -0.2) is 4.90 Å². The smallest absolute Gasteiger partial charge is 0.247 e. The van der Waals surface area contributed by atoms with E-state index in [9.17, 15) is 9.59 Å². The molecule has 1 heterocycles. The lowest BCUT2D eigenvalue weighted by Crippen LogP contribution is -2.31. The molecule has 0 aliphatic carbocycles. The predicted octanol–water partition coefficient (Wildman–Crippen LogP) is 3.45. The first-order chi connectivity index (χ1) is 11.1. The van der Waals surface area contributed by atoms with Crippen LogP contribution in [0.1, 0.15) is 6.42 Å². The molecule has 0 aromatic heterocycles. The SMILES string of the molecule is O=C1C[C@@H](SC(=S)Nc2ccccc2)C(=O)N1c1ccccc1. The van der Waals surface area contributed by atoms with Crippen molar-refractivity contribution in [1.82, 2.24) is 0 Å². The number of para-hydroxylation sites is 2. The topological polar surface area (TPSA) is 49.4 Å². The van der Waals surface area contributed by atoms with Crippen molar-refractivity contribution < 1.29 is 9.59 Å². The molecule has 3 rings (SSSR count). The normalized spacial score (nSPS) is 17.4.